The molecule has 11 unspecified atom stereocenters. The molecule has 14 N–H and O–H groups in total. The lowest BCUT2D eigenvalue weighted by Gasteiger charge is -2.33. The van der Waals surface area contributed by atoms with Gasteiger partial charge in [0.15, 0.2) is 17.3 Å². The van der Waals surface area contributed by atoms with Crippen molar-refractivity contribution < 1.29 is 95.4 Å². The number of amides is 8. The zero-order valence-corrected chi connectivity index (χ0v) is 44.2. The molecule has 0 aliphatic carbocycles. The van der Waals surface area contributed by atoms with E-state index in [9.17, 15) is 82.0 Å². The molecule has 0 saturated carbocycles. The summed E-state index contributed by atoms with van der Waals surface area (Å²) in [5.74, 6) is -10.6. The number of nitrogens with zero attached hydrogens (tertiary/aromatic N) is 3. The molecule has 0 radical (unpaired) electrons. The van der Waals surface area contributed by atoms with Crippen molar-refractivity contribution in [3.63, 3.8) is 0 Å². The number of phenolic OH excluding ortho intramolecular Hbond substituents is 1. The number of carbonyl (C=O) groups is 8. The Kier molecular flexibility index (Phi) is 19.3. The van der Waals surface area contributed by atoms with E-state index in [1.54, 1.807) is 42.5 Å². The molecule has 3 aliphatic rings. The number of ether oxygens (including phenoxy) is 1. The van der Waals surface area contributed by atoms with Gasteiger partial charge in [-0.2, -0.15) is 8.42 Å². The number of nitrogens with two attached hydrogens (primary N) is 1. The summed E-state index contributed by atoms with van der Waals surface area (Å²) in [5.41, 5.74) is 6.92. The zero-order valence-electron chi connectivity index (χ0n) is 43.4. The Labute approximate surface area is 461 Å². The Morgan fingerprint density at radius 3 is 2.20 bits per heavy atom. The third-order valence-corrected chi connectivity index (χ3v) is 14.3. The monoisotopic (exact) mass is 1150 g/mol. The number of rotatable bonds is 14. The van der Waals surface area contributed by atoms with Crippen molar-refractivity contribution in [2.75, 3.05) is 33.4 Å². The molecule has 7 rings (SSSR count). The smallest absolute Gasteiger partial charge is 0.446 e. The lowest BCUT2D eigenvalue weighted by Crippen LogP contribution is -2.64. The van der Waals surface area contributed by atoms with Crippen LogP contribution in [0.15, 0.2) is 77.3 Å². The van der Waals surface area contributed by atoms with Crippen molar-refractivity contribution in [3.8, 4) is 39.8 Å². The first-order chi connectivity index (χ1) is 38.3. The van der Waals surface area contributed by atoms with Crippen molar-refractivity contribution in [1.29, 1.82) is 0 Å². The summed E-state index contributed by atoms with van der Waals surface area (Å²) in [4.78, 5) is 114. The van der Waals surface area contributed by atoms with Crippen LogP contribution >= 0.6 is 0 Å². The molecule has 4 heterocycles. The van der Waals surface area contributed by atoms with Crippen LogP contribution < -0.4 is 41.2 Å². The van der Waals surface area contributed by atoms with Crippen LogP contribution in [0.5, 0.6) is 17.2 Å². The first kappa shape index (κ1) is 60.4. The van der Waals surface area contributed by atoms with Crippen LogP contribution in [-0.4, -0.2) is 200 Å². The molecule has 4 aromatic rings. The van der Waals surface area contributed by atoms with Crippen molar-refractivity contribution in [2.24, 2.45) is 11.7 Å². The third kappa shape index (κ3) is 14.8. The number of aliphatic hydroxyl groups is 5. The van der Waals surface area contributed by atoms with Gasteiger partial charge in [0.2, 0.25) is 41.4 Å². The molecule has 0 spiro atoms. The maximum Gasteiger partial charge on any atom is 0.446 e. The highest BCUT2D eigenvalue weighted by molar-refractivity contribution is 7.81. The molecule has 3 fully saturated rings. The summed E-state index contributed by atoms with van der Waals surface area (Å²) in [7, 11) is -3.68. The zero-order chi connectivity index (χ0) is 59.0. The molecule has 3 aliphatic heterocycles. The molecular formula is C51H61N9O20S. The van der Waals surface area contributed by atoms with E-state index in [1.807, 2.05) is 0 Å². The quantitative estimate of drug-likeness (QED) is 0.0542. The molecule has 1 aromatic heterocycles. The number of aromatic hydroxyl groups is 1. The molecule has 0 bridgehead atoms. The normalized spacial score (nSPS) is 25.2. The Hall–Kier alpha value is -8.26. The second-order valence-corrected chi connectivity index (χ2v) is 20.7. The van der Waals surface area contributed by atoms with E-state index >= 15 is 0 Å². The predicted octanol–water partition coefficient (Wildman–Crippen LogP) is -3.63. The number of hydrogen-bond acceptors (Lipinski definition) is 20. The fraction of sp³-hybridized carbons (Fsp3) is 0.431. The van der Waals surface area contributed by atoms with Gasteiger partial charge in [0.05, 0.1) is 44.6 Å². The maximum atomic E-state index is 14.6. The summed E-state index contributed by atoms with van der Waals surface area (Å²) in [6, 6.07) is 6.21. The average molecular weight is 1150 g/mol. The van der Waals surface area contributed by atoms with Gasteiger partial charge < -0.3 is 86.2 Å². The highest BCUT2D eigenvalue weighted by Gasteiger charge is 2.49. The molecule has 11 atom stereocenters. The number of β-amino-alcohol motifs (C(OH)–C–C–N with tert-alkyl or cyclic N) is 1. The van der Waals surface area contributed by atoms with Gasteiger partial charge in [0, 0.05) is 61.2 Å². The number of phenols is 1. The largest absolute Gasteiger partial charge is 0.504 e. The SMILES string of the molecule is COc1ccc(-c2cc(-c3ccc(C(=O)NC4CC(O)CNC(=O)C5C(O)C(C)CN5C(=O)C(C(O)CC(N)=O)NC(=O)C(C(O)Cc5ccc(O)c(OS(=O)(=O)O)c5)NC(=O)C5CCCN5C(=O)C(CO)NC4=O)cc3)no2)cc1. The van der Waals surface area contributed by atoms with Crippen LogP contribution in [0.4, 0.5) is 0 Å². The Bertz CT molecular complexity index is 3110. The molecular weight excluding hydrogens is 1090 g/mol. The predicted molar refractivity (Wildman–Crippen MR) is 277 cm³/mol. The third-order valence-electron chi connectivity index (χ3n) is 13.9. The number of nitrogens with one attached hydrogen (secondary N) is 5. The maximum absolute atomic E-state index is 14.6. The fourth-order valence-electron chi connectivity index (χ4n) is 9.64. The van der Waals surface area contributed by atoms with E-state index in [0.29, 0.717) is 28.3 Å². The van der Waals surface area contributed by atoms with Crippen molar-refractivity contribution >= 4 is 57.7 Å². The second kappa shape index (κ2) is 25.9. The summed E-state index contributed by atoms with van der Waals surface area (Å²) < 4.78 is 47.4. The molecule has 3 saturated heterocycles. The van der Waals surface area contributed by atoms with Gasteiger partial charge in [-0.3, -0.25) is 42.9 Å². The van der Waals surface area contributed by atoms with E-state index in [1.165, 1.54) is 26.2 Å². The molecule has 436 valence electrons. The Morgan fingerprint density at radius 1 is 0.864 bits per heavy atom. The van der Waals surface area contributed by atoms with Gasteiger partial charge in [0.1, 0.15) is 47.7 Å². The minimum atomic E-state index is -5.21. The van der Waals surface area contributed by atoms with Gasteiger partial charge in [-0.1, -0.05) is 30.3 Å². The van der Waals surface area contributed by atoms with Crippen molar-refractivity contribution in [3.05, 3.63) is 83.9 Å². The minimum absolute atomic E-state index is 0.00000591. The van der Waals surface area contributed by atoms with Crippen LogP contribution in [0, 0.1) is 5.92 Å². The van der Waals surface area contributed by atoms with Crippen molar-refractivity contribution in [1.82, 2.24) is 41.5 Å². The number of aromatic nitrogens is 1. The van der Waals surface area contributed by atoms with Gasteiger partial charge in [0.25, 0.3) is 5.91 Å². The van der Waals surface area contributed by atoms with E-state index in [0.717, 1.165) is 28.0 Å². The van der Waals surface area contributed by atoms with Crippen LogP contribution in [0.3, 0.4) is 0 Å². The lowest BCUT2D eigenvalue weighted by atomic mass is 9.98. The summed E-state index contributed by atoms with van der Waals surface area (Å²) >= 11 is 0. The minimum Gasteiger partial charge on any atom is -0.504 e. The van der Waals surface area contributed by atoms with E-state index in [-0.39, 0.29) is 30.5 Å². The first-order valence-corrected chi connectivity index (χ1v) is 26.6. The van der Waals surface area contributed by atoms with E-state index in [4.69, 9.17) is 15.0 Å². The van der Waals surface area contributed by atoms with Gasteiger partial charge in [-0.15, -0.1) is 0 Å². The number of carbonyl (C=O) groups excluding carboxylic acids is 8. The topological polar surface area (TPSA) is 449 Å². The average Bonchev–Trinajstić information content (AvgIpc) is 4.42. The number of primary amides is 1. The van der Waals surface area contributed by atoms with Gasteiger partial charge in [-0.05, 0) is 66.9 Å². The molecule has 8 amide bonds. The number of methoxy groups -OCH3 is 1. The summed E-state index contributed by atoms with van der Waals surface area (Å²) in [5, 5.41) is 82.4. The molecule has 29 nitrogen and oxygen atoms in total. The summed E-state index contributed by atoms with van der Waals surface area (Å²) in [6.45, 7) is -0.922. The van der Waals surface area contributed by atoms with Crippen LogP contribution in [0.25, 0.3) is 22.6 Å². The highest BCUT2D eigenvalue weighted by atomic mass is 32.3. The highest BCUT2D eigenvalue weighted by Crippen LogP contribution is 2.31. The standard InChI is InChI=1S/C51H61N9O20S/c1-24-22-60-43(44(24)67)49(72)53-21-29(62)18-32(54-45(68)28-8-6-26(7-9-28)31-19-38(79-58-31)27-10-12-30(78-2)13-11-27)46(69)55-33(23-61)50(73)59-15-3-4-34(59)47(70)56-41(48(71)57-42(51(60)74)37(65)20-40(52)66)36(64)16-25-5-14-35(63)39(17-25)80-81(75,76)77/h5-14,17,19,24,29,32-34,36-37,41-44,61-65,67H,3-4,15-16,18,20-23H2,1-2H3,(H2,52,66)(H,53,72)(H,54,68)(H,55,69)(H,56,70)(H,57,71)(H,75,76,77). The van der Waals surface area contributed by atoms with Crippen molar-refractivity contribution in [2.45, 2.75) is 99.7 Å². The number of benzene rings is 3. The van der Waals surface area contributed by atoms with E-state index in [2.05, 4.69) is 35.9 Å². The van der Waals surface area contributed by atoms with E-state index < -0.39 is 175 Å². The first-order valence-electron chi connectivity index (χ1n) is 25.3. The number of fused-ring (bicyclic) bond motifs is 2. The molecule has 81 heavy (non-hydrogen) atoms. The van der Waals surface area contributed by atoms with Crippen LogP contribution in [-0.2, 0) is 50.4 Å². The fourth-order valence-corrected chi connectivity index (χ4v) is 10.00. The lowest BCUT2D eigenvalue weighted by molar-refractivity contribution is -0.147. The van der Waals surface area contributed by atoms with Crippen LogP contribution in [0.1, 0.15) is 48.5 Å². The van der Waals surface area contributed by atoms with Gasteiger partial charge >= 0.3 is 10.4 Å². The second-order valence-electron chi connectivity index (χ2n) is 19.7. The molecule has 30 heteroatoms. The Balaban J connectivity index is 1.20. The Morgan fingerprint density at radius 2 is 1.54 bits per heavy atom. The number of hydrogen-bond donors (Lipinski definition) is 13. The van der Waals surface area contributed by atoms with Crippen LogP contribution in [0.2, 0.25) is 0 Å². The van der Waals surface area contributed by atoms with Gasteiger partial charge in [-0.25, -0.2) is 0 Å². The number of aliphatic hydroxyl groups excluding tert-OH is 5. The molecule has 3 aromatic carbocycles. The summed E-state index contributed by atoms with van der Waals surface area (Å²) in [6.07, 6.45) is -9.98.